The highest BCUT2D eigenvalue weighted by atomic mass is 16.4. The predicted molar refractivity (Wildman–Crippen MR) is 73.3 cm³/mol. The van der Waals surface area contributed by atoms with Crippen molar-refractivity contribution in [1.82, 2.24) is 9.80 Å². The maximum Gasteiger partial charge on any atom is 0.319 e. The Hall–Kier alpha value is -1.30. The van der Waals surface area contributed by atoms with Crippen LogP contribution in [0.1, 0.15) is 32.6 Å². The zero-order valence-corrected chi connectivity index (χ0v) is 12.2. The number of carbonyl (C=O) groups is 2. The Kier molecular flexibility index (Phi) is 4.22. The largest absolute Gasteiger partial charge is 0.481 e. The summed E-state index contributed by atoms with van der Waals surface area (Å²) >= 11 is 0. The van der Waals surface area contributed by atoms with Gasteiger partial charge in [-0.2, -0.15) is 0 Å². The van der Waals surface area contributed by atoms with Gasteiger partial charge in [0.15, 0.2) is 0 Å². The minimum Gasteiger partial charge on any atom is -0.481 e. The van der Waals surface area contributed by atoms with Crippen LogP contribution >= 0.6 is 0 Å². The van der Waals surface area contributed by atoms with Crippen molar-refractivity contribution in [2.45, 2.75) is 38.7 Å². The number of aliphatic carboxylic acids is 1. The maximum absolute atomic E-state index is 12.4. The topological polar surface area (TPSA) is 81.1 Å². The number of hydrogen-bond donors (Lipinski definition) is 2. The Morgan fingerprint density at radius 3 is 2.60 bits per heavy atom. The fourth-order valence-electron chi connectivity index (χ4n) is 3.13. The molecule has 0 aromatic carbocycles. The number of carboxylic acids is 1. The number of amides is 2. The van der Waals surface area contributed by atoms with Crippen LogP contribution in [0.5, 0.6) is 0 Å². The molecule has 20 heavy (non-hydrogen) atoms. The van der Waals surface area contributed by atoms with E-state index in [0.717, 1.165) is 19.3 Å². The van der Waals surface area contributed by atoms with Crippen molar-refractivity contribution in [3.8, 4) is 0 Å². The smallest absolute Gasteiger partial charge is 0.319 e. The highest BCUT2D eigenvalue weighted by Gasteiger charge is 2.40. The van der Waals surface area contributed by atoms with E-state index in [1.54, 1.807) is 23.8 Å². The predicted octanol–water partition coefficient (Wildman–Crippen LogP) is 0.996. The zero-order valence-electron chi connectivity index (χ0n) is 12.2. The number of likely N-dealkylation sites (tertiary alicyclic amines) is 1. The molecule has 6 heteroatoms. The fraction of sp³-hybridized carbons (Fsp3) is 0.857. The van der Waals surface area contributed by atoms with Crippen LogP contribution in [0.15, 0.2) is 0 Å². The Morgan fingerprint density at radius 2 is 2.05 bits per heavy atom. The van der Waals surface area contributed by atoms with Gasteiger partial charge in [0.05, 0.1) is 11.5 Å². The van der Waals surface area contributed by atoms with Crippen molar-refractivity contribution in [2.75, 3.05) is 26.7 Å². The average molecular weight is 284 g/mol. The van der Waals surface area contributed by atoms with Crippen LogP contribution in [0.3, 0.4) is 0 Å². The third-order valence-corrected chi connectivity index (χ3v) is 4.55. The molecule has 1 atom stereocenters. The van der Waals surface area contributed by atoms with E-state index in [1.165, 1.54) is 0 Å². The molecule has 0 aromatic heterocycles. The molecule has 2 amide bonds. The standard InChI is InChI=1S/C14H24N2O4/c1-14(12(18)19)4-3-5-16(9-14)13(20)15(2)8-10-6-11(17)7-10/h10-11,17H,3-9H2,1-2H3,(H,18,19). The van der Waals surface area contributed by atoms with E-state index in [1.807, 2.05) is 0 Å². The second-order valence-electron chi connectivity index (χ2n) is 6.55. The molecule has 0 spiro atoms. The van der Waals surface area contributed by atoms with Crippen molar-refractivity contribution in [3.05, 3.63) is 0 Å². The SMILES string of the molecule is CN(CC1CC(O)C1)C(=O)N1CCCC(C)(C(=O)O)C1. The average Bonchev–Trinajstić information content (AvgIpc) is 2.35. The number of carbonyl (C=O) groups excluding carboxylic acids is 1. The minimum atomic E-state index is -0.834. The van der Waals surface area contributed by atoms with Crippen molar-refractivity contribution >= 4 is 12.0 Å². The molecular formula is C14H24N2O4. The van der Waals surface area contributed by atoms with Gasteiger partial charge in [-0.05, 0) is 38.5 Å². The number of urea groups is 1. The highest BCUT2D eigenvalue weighted by molar-refractivity contribution is 5.78. The summed E-state index contributed by atoms with van der Waals surface area (Å²) in [7, 11) is 1.75. The van der Waals surface area contributed by atoms with Crippen molar-refractivity contribution in [1.29, 1.82) is 0 Å². The molecule has 2 rings (SSSR count). The summed E-state index contributed by atoms with van der Waals surface area (Å²) in [4.78, 5) is 27.0. The lowest BCUT2D eigenvalue weighted by Crippen LogP contribution is -2.53. The minimum absolute atomic E-state index is 0.0986. The third-order valence-electron chi connectivity index (χ3n) is 4.55. The van der Waals surface area contributed by atoms with Gasteiger partial charge < -0.3 is 20.0 Å². The van der Waals surface area contributed by atoms with E-state index in [-0.39, 0.29) is 18.7 Å². The molecule has 2 N–H and O–H groups in total. The molecule has 1 heterocycles. The molecule has 0 bridgehead atoms. The van der Waals surface area contributed by atoms with Crippen LogP contribution in [0.25, 0.3) is 0 Å². The summed E-state index contributed by atoms with van der Waals surface area (Å²) in [6.07, 6.45) is 2.64. The molecule has 1 unspecified atom stereocenters. The summed E-state index contributed by atoms with van der Waals surface area (Å²) in [5, 5.41) is 18.5. The van der Waals surface area contributed by atoms with E-state index in [4.69, 9.17) is 0 Å². The number of carboxylic acid groups (broad SMARTS) is 1. The number of nitrogens with zero attached hydrogens (tertiary/aromatic N) is 2. The van der Waals surface area contributed by atoms with Crippen LogP contribution in [0, 0.1) is 11.3 Å². The zero-order chi connectivity index (χ0) is 14.9. The molecule has 1 aliphatic carbocycles. The molecular weight excluding hydrogens is 260 g/mol. The molecule has 1 saturated carbocycles. The Bertz CT molecular complexity index is 395. The normalized spacial score (nSPS) is 33.5. The number of aliphatic hydroxyl groups excluding tert-OH is 1. The van der Waals surface area contributed by atoms with Crippen molar-refractivity contribution in [3.63, 3.8) is 0 Å². The van der Waals surface area contributed by atoms with Crippen LogP contribution in [-0.4, -0.2) is 64.8 Å². The lowest BCUT2D eigenvalue weighted by atomic mass is 9.81. The third kappa shape index (κ3) is 3.06. The van der Waals surface area contributed by atoms with Gasteiger partial charge in [-0.3, -0.25) is 4.79 Å². The molecule has 2 fully saturated rings. The van der Waals surface area contributed by atoms with Gasteiger partial charge in [0.2, 0.25) is 0 Å². The number of hydrogen-bond acceptors (Lipinski definition) is 3. The lowest BCUT2D eigenvalue weighted by molar-refractivity contribution is -0.150. The molecule has 0 aromatic rings. The van der Waals surface area contributed by atoms with Crippen LogP contribution < -0.4 is 0 Å². The van der Waals surface area contributed by atoms with Gasteiger partial charge >= 0.3 is 12.0 Å². The Morgan fingerprint density at radius 1 is 1.40 bits per heavy atom. The lowest BCUT2D eigenvalue weighted by Gasteiger charge is -2.41. The van der Waals surface area contributed by atoms with Crippen LogP contribution in [0.4, 0.5) is 4.79 Å². The number of piperidine rings is 1. The van der Waals surface area contributed by atoms with Gasteiger partial charge in [0.1, 0.15) is 0 Å². The van der Waals surface area contributed by atoms with E-state index in [2.05, 4.69) is 0 Å². The molecule has 0 radical (unpaired) electrons. The van der Waals surface area contributed by atoms with E-state index in [0.29, 0.717) is 25.4 Å². The molecule has 1 saturated heterocycles. The number of aliphatic hydroxyl groups is 1. The molecule has 6 nitrogen and oxygen atoms in total. The van der Waals surface area contributed by atoms with E-state index >= 15 is 0 Å². The summed E-state index contributed by atoms with van der Waals surface area (Å²) < 4.78 is 0. The van der Waals surface area contributed by atoms with Gasteiger partial charge in [-0.1, -0.05) is 0 Å². The second kappa shape index (κ2) is 5.60. The van der Waals surface area contributed by atoms with Crippen LogP contribution in [-0.2, 0) is 4.79 Å². The van der Waals surface area contributed by atoms with E-state index in [9.17, 15) is 19.8 Å². The Labute approximate surface area is 119 Å². The fourth-order valence-corrected chi connectivity index (χ4v) is 3.13. The van der Waals surface area contributed by atoms with Crippen molar-refractivity contribution in [2.24, 2.45) is 11.3 Å². The van der Waals surface area contributed by atoms with Crippen LogP contribution in [0.2, 0.25) is 0 Å². The Balaban J connectivity index is 1.89. The van der Waals surface area contributed by atoms with Gasteiger partial charge in [-0.15, -0.1) is 0 Å². The van der Waals surface area contributed by atoms with Gasteiger partial charge in [0.25, 0.3) is 0 Å². The first-order valence-corrected chi connectivity index (χ1v) is 7.23. The molecule has 1 aliphatic heterocycles. The summed E-state index contributed by atoms with van der Waals surface area (Å²) in [5.74, 6) is -0.464. The summed E-state index contributed by atoms with van der Waals surface area (Å²) in [5.41, 5.74) is -0.832. The highest BCUT2D eigenvalue weighted by Crippen LogP contribution is 2.31. The van der Waals surface area contributed by atoms with Gasteiger partial charge in [-0.25, -0.2) is 4.79 Å². The molecule has 2 aliphatic rings. The number of rotatable bonds is 3. The van der Waals surface area contributed by atoms with Crippen molar-refractivity contribution < 1.29 is 19.8 Å². The first kappa shape index (κ1) is 15.1. The second-order valence-corrected chi connectivity index (χ2v) is 6.55. The maximum atomic E-state index is 12.4. The first-order valence-electron chi connectivity index (χ1n) is 7.23. The monoisotopic (exact) mass is 284 g/mol. The van der Waals surface area contributed by atoms with E-state index < -0.39 is 11.4 Å². The molecule has 114 valence electrons. The first-order chi connectivity index (χ1) is 9.32. The summed E-state index contributed by atoms with van der Waals surface area (Å²) in [6, 6.07) is -0.0986. The summed E-state index contributed by atoms with van der Waals surface area (Å²) in [6.45, 7) is 3.24. The quantitative estimate of drug-likeness (QED) is 0.810. The van der Waals surface area contributed by atoms with Gasteiger partial charge in [0, 0.05) is 26.7 Å².